The fraction of sp³-hybridized carbons (Fsp3) is 0.500. The maximum absolute atomic E-state index is 12.4. The fourth-order valence-corrected chi connectivity index (χ4v) is 2.41. The van der Waals surface area contributed by atoms with Gasteiger partial charge in [0.2, 0.25) is 5.91 Å². The summed E-state index contributed by atoms with van der Waals surface area (Å²) in [6.45, 7) is 0.417. The highest BCUT2D eigenvalue weighted by atomic mass is 19.4. The number of fused-ring (bicyclic) bond motifs is 1. The number of hydrogen-bond acceptors (Lipinski definition) is 2. The molecule has 1 aromatic rings. The molecular weight excluding hydrogens is 269 g/mol. The van der Waals surface area contributed by atoms with E-state index < -0.39 is 24.7 Å². The smallest absolute Gasteiger partial charge is 0.373 e. The zero-order valence-electron chi connectivity index (χ0n) is 11.2. The van der Waals surface area contributed by atoms with E-state index in [0.29, 0.717) is 12.8 Å². The van der Waals surface area contributed by atoms with Gasteiger partial charge < -0.3 is 10.2 Å². The molecule has 1 N–H and O–H groups in total. The normalized spacial score (nSPS) is 18.1. The zero-order valence-corrected chi connectivity index (χ0v) is 11.2. The number of amides is 1. The number of nitrogens with one attached hydrogen (secondary N) is 1. The van der Waals surface area contributed by atoms with Crippen molar-refractivity contribution in [1.82, 2.24) is 4.90 Å². The van der Waals surface area contributed by atoms with E-state index in [1.165, 1.54) is 0 Å². The minimum absolute atomic E-state index is 0.0537. The predicted octanol–water partition coefficient (Wildman–Crippen LogP) is 2.82. The number of carbonyl (C=O) groups is 1. The molecule has 0 aromatic heterocycles. The SMILES string of the molecule is CCN(CC(F)(F)F)C(=O)C1CCc2ccccc2N1. The molecule has 20 heavy (non-hydrogen) atoms. The van der Waals surface area contributed by atoms with Crippen molar-refractivity contribution < 1.29 is 18.0 Å². The number of alkyl halides is 3. The second-order valence-electron chi connectivity index (χ2n) is 4.86. The number of carbonyl (C=O) groups excluding carboxylic acids is 1. The molecule has 110 valence electrons. The van der Waals surface area contributed by atoms with Gasteiger partial charge in [0.05, 0.1) is 0 Å². The number of para-hydroxylation sites is 1. The Balaban J connectivity index is 2.07. The molecule has 6 heteroatoms. The second-order valence-corrected chi connectivity index (χ2v) is 4.86. The van der Waals surface area contributed by atoms with Gasteiger partial charge in [0.15, 0.2) is 0 Å². The third-order valence-corrected chi connectivity index (χ3v) is 3.41. The summed E-state index contributed by atoms with van der Waals surface area (Å²) in [5.74, 6) is -0.487. The third-order valence-electron chi connectivity index (χ3n) is 3.41. The van der Waals surface area contributed by atoms with Gasteiger partial charge in [-0.2, -0.15) is 13.2 Å². The molecule has 0 aliphatic carbocycles. The minimum atomic E-state index is -4.36. The van der Waals surface area contributed by atoms with Crippen LogP contribution in [0.2, 0.25) is 0 Å². The van der Waals surface area contributed by atoms with Crippen molar-refractivity contribution in [3.8, 4) is 0 Å². The maximum atomic E-state index is 12.4. The summed E-state index contributed by atoms with van der Waals surface area (Å²) in [5.41, 5.74) is 1.93. The van der Waals surface area contributed by atoms with Gasteiger partial charge >= 0.3 is 6.18 Å². The lowest BCUT2D eigenvalue weighted by Gasteiger charge is -2.31. The van der Waals surface area contributed by atoms with Gasteiger partial charge in [-0.15, -0.1) is 0 Å². The van der Waals surface area contributed by atoms with Crippen LogP contribution >= 0.6 is 0 Å². The van der Waals surface area contributed by atoms with Crippen LogP contribution in [-0.4, -0.2) is 36.1 Å². The van der Waals surface area contributed by atoms with E-state index >= 15 is 0 Å². The highest BCUT2D eigenvalue weighted by Crippen LogP contribution is 2.26. The third kappa shape index (κ3) is 3.43. The number of aryl methyl sites for hydroxylation is 1. The molecule has 3 nitrogen and oxygen atoms in total. The van der Waals surface area contributed by atoms with E-state index in [1.54, 1.807) is 6.92 Å². The quantitative estimate of drug-likeness (QED) is 0.926. The molecule has 1 amide bonds. The van der Waals surface area contributed by atoms with E-state index in [4.69, 9.17) is 0 Å². The Bertz CT molecular complexity index is 488. The number of likely N-dealkylation sites (N-methyl/N-ethyl adjacent to an activating group) is 1. The van der Waals surface area contributed by atoms with Gasteiger partial charge in [-0.05, 0) is 31.4 Å². The van der Waals surface area contributed by atoms with Crippen molar-refractivity contribution in [3.63, 3.8) is 0 Å². The number of hydrogen-bond donors (Lipinski definition) is 1. The lowest BCUT2D eigenvalue weighted by molar-refractivity contribution is -0.161. The van der Waals surface area contributed by atoms with Crippen LogP contribution in [0.25, 0.3) is 0 Å². The van der Waals surface area contributed by atoms with Crippen LogP contribution in [0.1, 0.15) is 18.9 Å². The molecule has 1 heterocycles. The summed E-state index contributed by atoms with van der Waals surface area (Å²) in [4.78, 5) is 13.0. The topological polar surface area (TPSA) is 32.3 Å². The maximum Gasteiger partial charge on any atom is 0.406 e. The van der Waals surface area contributed by atoms with Crippen LogP contribution in [0.4, 0.5) is 18.9 Å². The minimum Gasteiger partial charge on any atom is -0.373 e. The fourth-order valence-electron chi connectivity index (χ4n) is 2.41. The first-order valence-corrected chi connectivity index (χ1v) is 6.60. The van der Waals surface area contributed by atoms with Gasteiger partial charge in [0.1, 0.15) is 12.6 Å². The zero-order chi connectivity index (χ0) is 14.8. The van der Waals surface area contributed by atoms with Crippen LogP contribution in [0.15, 0.2) is 24.3 Å². The summed E-state index contributed by atoms with van der Waals surface area (Å²) in [6, 6.07) is 6.97. The van der Waals surface area contributed by atoms with E-state index in [9.17, 15) is 18.0 Å². The molecule has 0 fully saturated rings. The van der Waals surface area contributed by atoms with Crippen molar-refractivity contribution in [2.45, 2.75) is 32.0 Å². The number of benzene rings is 1. The molecule has 0 radical (unpaired) electrons. The lowest BCUT2D eigenvalue weighted by atomic mass is 9.97. The largest absolute Gasteiger partial charge is 0.406 e. The molecule has 0 saturated heterocycles. The number of rotatable bonds is 3. The molecule has 0 bridgehead atoms. The average molecular weight is 286 g/mol. The first kappa shape index (κ1) is 14.7. The summed E-state index contributed by atoms with van der Waals surface area (Å²) in [6.07, 6.45) is -3.15. The molecule has 1 unspecified atom stereocenters. The predicted molar refractivity (Wildman–Crippen MR) is 70.5 cm³/mol. The summed E-state index contributed by atoms with van der Waals surface area (Å²) in [5, 5.41) is 3.04. The van der Waals surface area contributed by atoms with Crippen LogP contribution in [0.5, 0.6) is 0 Å². The Hall–Kier alpha value is -1.72. The van der Waals surface area contributed by atoms with Crippen LogP contribution in [-0.2, 0) is 11.2 Å². The Labute approximate surface area is 115 Å². The van der Waals surface area contributed by atoms with Gasteiger partial charge in [-0.3, -0.25) is 4.79 Å². The molecule has 1 aliphatic rings. The lowest BCUT2D eigenvalue weighted by Crippen LogP contribution is -2.47. The first-order chi connectivity index (χ1) is 9.40. The average Bonchev–Trinajstić information content (AvgIpc) is 2.42. The highest BCUT2D eigenvalue weighted by Gasteiger charge is 2.35. The molecule has 1 atom stereocenters. The molecule has 0 spiro atoms. The Morgan fingerprint density at radius 2 is 2.10 bits per heavy atom. The summed E-state index contributed by atoms with van der Waals surface area (Å²) in [7, 11) is 0. The van der Waals surface area contributed by atoms with Gasteiger partial charge in [0.25, 0.3) is 0 Å². The molecule has 1 aromatic carbocycles. The van der Waals surface area contributed by atoms with E-state index in [0.717, 1.165) is 16.2 Å². The van der Waals surface area contributed by atoms with Crippen molar-refractivity contribution in [1.29, 1.82) is 0 Å². The Kier molecular flexibility index (Phi) is 4.20. The molecule has 0 saturated carbocycles. The van der Waals surface area contributed by atoms with Crippen LogP contribution < -0.4 is 5.32 Å². The van der Waals surface area contributed by atoms with Crippen LogP contribution in [0, 0.1) is 0 Å². The number of nitrogens with zero attached hydrogens (tertiary/aromatic N) is 1. The first-order valence-electron chi connectivity index (χ1n) is 6.60. The van der Waals surface area contributed by atoms with Crippen molar-refractivity contribution in [2.75, 3.05) is 18.4 Å². The molecule has 1 aliphatic heterocycles. The van der Waals surface area contributed by atoms with Crippen molar-refractivity contribution in [3.05, 3.63) is 29.8 Å². The molecule has 2 rings (SSSR count). The number of anilines is 1. The Morgan fingerprint density at radius 1 is 1.40 bits per heavy atom. The van der Waals surface area contributed by atoms with E-state index in [-0.39, 0.29) is 6.54 Å². The number of halogens is 3. The summed E-state index contributed by atoms with van der Waals surface area (Å²) >= 11 is 0. The highest BCUT2D eigenvalue weighted by molar-refractivity contribution is 5.85. The monoisotopic (exact) mass is 286 g/mol. The van der Waals surface area contributed by atoms with E-state index in [2.05, 4.69) is 5.32 Å². The standard InChI is InChI=1S/C14H17F3N2O/c1-2-19(9-14(15,16)17)13(20)12-8-7-10-5-3-4-6-11(10)18-12/h3-6,12,18H,2,7-9H2,1H3. The molecular formula is C14H17F3N2O. The van der Waals surface area contributed by atoms with Crippen molar-refractivity contribution >= 4 is 11.6 Å². The Morgan fingerprint density at radius 3 is 2.75 bits per heavy atom. The second kappa shape index (κ2) is 5.73. The van der Waals surface area contributed by atoms with Gasteiger partial charge in [-0.25, -0.2) is 0 Å². The van der Waals surface area contributed by atoms with Gasteiger partial charge in [0, 0.05) is 12.2 Å². The van der Waals surface area contributed by atoms with Crippen LogP contribution in [0.3, 0.4) is 0 Å². The van der Waals surface area contributed by atoms with Gasteiger partial charge in [-0.1, -0.05) is 18.2 Å². The van der Waals surface area contributed by atoms with E-state index in [1.807, 2.05) is 24.3 Å². The van der Waals surface area contributed by atoms with Crippen molar-refractivity contribution in [2.24, 2.45) is 0 Å². The summed E-state index contributed by atoms with van der Waals surface area (Å²) < 4.78 is 37.3.